The molecule has 1 aliphatic rings. The van der Waals surface area contributed by atoms with Crippen LogP contribution in [0.25, 0.3) is 11.1 Å². The summed E-state index contributed by atoms with van der Waals surface area (Å²) in [7, 11) is -3.51. The van der Waals surface area contributed by atoms with Crippen molar-refractivity contribution in [2.75, 3.05) is 23.4 Å². The van der Waals surface area contributed by atoms with E-state index in [2.05, 4.69) is 5.32 Å². The summed E-state index contributed by atoms with van der Waals surface area (Å²) in [6.07, 6.45) is 1.34. The highest BCUT2D eigenvalue weighted by Crippen LogP contribution is 2.46. The van der Waals surface area contributed by atoms with Crippen LogP contribution < -0.4 is 15.8 Å². The van der Waals surface area contributed by atoms with Crippen LogP contribution in [0, 0.1) is 5.92 Å². The lowest BCUT2D eigenvalue weighted by Gasteiger charge is -2.22. The van der Waals surface area contributed by atoms with Crippen LogP contribution in [0.4, 0.5) is 20.2 Å². The standard InChI is InChI=1S/C29H29ClF2N2O6S/c1-2-39-24(35)14-21(18-10-12-20(13-11-18)41(37,38)16-17-8-9-17)28(36)34-26-23(33)15-22(30)25(27(26)40-29(31)32)19-6-4-3-5-7-19/h3-7,10-13,15,17,21,29H,2,8-9,14,16,33H2,1H3,(H,34,36). The summed E-state index contributed by atoms with van der Waals surface area (Å²) in [5.74, 6) is -2.89. The number of alkyl halides is 2. The average Bonchev–Trinajstić information content (AvgIpc) is 3.73. The SMILES string of the molecule is CCOC(=O)CC(C(=O)Nc1c(N)cc(Cl)c(-c2ccccc2)c1OC(F)F)c1ccc(S(=O)(=O)CC2CC2)cc1. The minimum atomic E-state index is -3.51. The lowest BCUT2D eigenvalue weighted by Crippen LogP contribution is -2.25. The Kier molecular flexibility index (Phi) is 9.49. The highest BCUT2D eigenvalue weighted by atomic mass is 35.5. The summed E-state index contributed by atoms with van der Waals surface area (Å²) in [6, 6.07) is 15.3. The molecule has 41 heavy (non-hydrogen) atoms. The smallest absolute Gasteiger partial charge is 0.387 e. The lowest BCUT2D eigenvalue weighted by atomic mass is 9.94. The molecule has 1 fully saturated rings. The highest BCUT2D eigenvalue weighted by molar-refractivity contribution is 7.91. The van der Waals surface area contributed by atoms with E-state index in [1.54, 1.807) is 37.3 Å². The number of sulfone groups is 1. The van der Waals surface area contributed by atoms with Gasteiger partial charge in [-0.15, -0.1) is 0 Å². The zero-order valence-electron chi connectivity index (χ0n) is 22.1. The van der Waals surface area contributed by atoms with Crippen LogP contribution in [0.5, 0.6) is 5.75 Å². The minimum Gasteiger partial charge on any atom is -0.466 e. The molecule has 1 saturated carbocycles. The second-order valence-electron chi connectivity index (χ2n) is 9.62. The molecule has 0 radical (unpaired) electrons. The van der Waals surface area contributed by atoms with Crippen molar-refractivity contribution in [2.45, 2.75) is 43.6 Å². The van der Waals surface area contributed by atoms with Gasteiger partial charge in [0.2, 0.25) is 5.91 Å². The molecular formula is C29H29ClF2N2O6S. The Morgan fingerprint density at radius 1 is 1.10 bits per heavy atom. The normalized spacial score (nSPS) is 14.0. The van der Waals surface area contributed by atoms with E-state index in [1.807, 2.05) is 0 Å². The Morgan fingerprint density at radius 2 is 1.76 bits per heavy atom. The molecule has 3 aromatic rings. The molecule has 3 aromatic carbocycles. The molecule has 1 amide bonds. The summed E-state index contributed by atoms with van der Waals surface area (Å²) < 4.78 is 62.4. The monoisotopic (exact) mass is 606 g/mol. The number of nitrogen functional groups attached to an aromatic ring is 1. The van der Waals surface area contributed by atoms with Crippen LogP contribution in [0.15, 0.2) is 65.6 Å². The molecule has 8 nitrogen and oxygen atoms in total. The number of nitrogens with two attached hydrogens (primary N) is 1. The van der Waals surface area contributed by atoms with E-state index in [4.69, 9.17) is 26.8 Å². The molecule has 218 valence electrons. The minimum absolute atomic E-state index is 0.0217. The molecule has 0 aliphatic heterocycles. The van der Waals surface area contributed by atoms with Crippen molar-refractivity contribution in [2.24, 2.45) is 5.92 Å². The van der Waals surface area contributed by atoms with Crippen molar-refractivity contribution < 1.29 is 36.3 Å². The number of anilines is 2. The van der Waals surface area contributed by atoms with Gasteiger partial charge in [-0.1, -0.05) is 54.1 Å². The molecule has 3 N–H and O–H groups in total. The van der Waals surface area contributed by atoms with Gasteiger partial charge in [-0.3, -0.25) is 9.59 Å². The summed E-state index contributed by atoms with van der Waals surface area (Å²) in [6.45, 7) is -1.59. The molecule has 1 unspecified atom stereocenters. The number of halogens is 3. The van der Waals surface area contributed by atoms with Gasteiger partial charge in [0.05, 0.1) is 40.3 Å². The molecule has 1 atom stereocenters. The number of hydrogen-bond donors (Lipinski definition) is 2. The Bertz CT molecular complexity index is 1510. The zero-order chi connectivity index (χ0) is 29.7. The maximum Gasteiger partial charge on any atom is 0.387 e. The topological polar surface area (TPSA) is 125 Å². The largest absolute Gasteiger partial charge is 0.466 e. The molecule has 4 rings (SSSR count). The van der Waals surface area contributed by atoms with Crippen LogP contribution in [0.2, 0.25) is 5.02 Å². The van der Waals surface area contributed by atoms with E-state index >= 15 is 0 Å². The van der Waals surface area contributed by atoms with Gasteiger partial charge in [-0.2, -0.15) is 8.78 Å². The number of carbonyl (C=O) groups excluding carboxylic acids is 2. The van der Waals surface area contributed by atoms with E-state index in [-0.39, 0.29) is 45.1 Å². The van der Waals surface area contributed by atoms with Crippen molar-refractivity contribution >= 4 is 44.7 Å². The van der Waals surface area contributed by atoms with Crippen molar-refractivity contribution in [3.8, 4) is 16.9 Å². The third-order valence-electron chi connectivity index (χ3n) is 6.57. The third-order valence-corrected chi connectivity index (χ3v) is 8.77. The van der Waals surface area contributed by atoms with Crippen LogP contribution in [0.3, 0.4) is 0 Å². The fourth-order valence-corrected chi connectivity index (χ4v) is 6.42. The highest BCUT2D eigenvalue weighted by Gasteiger charge is 2.31. The first-order valence-corrected chi connectivity index (χ1v) is 14.9. The molecule has 0 bridgehead atoms. The number of rotatable bonds is 12. The number of ether oxygens (including phenoxy) is 2. The molecule has 12 heteroatoms. The fraction of sp³-hybridized carbons (Fsp3) is 0.310. The van der Waals surface area contributed by atoms with Gasteiger partial charge in [0.15, 0.2) is 15.6 Å². The lowest BCUT2D eigenvalue weighted by molar-refractivity contribution is -0.144. The first kappa shape index (κ1) is 30.3. The maximum absolute atomic E-state index is 13.6. The van der Waals surface area contributed by atoms with Crippen LogP contribution in [-0.4, -0.2) is 39.3 Å². The fourth-order valence-electron chi connectivity index (χ4n) is 4.41. The van der Waals surface area contributed by atoms with Gasteiger partial charge in [0, 0.05) is 5.56 Å². The molecule has 0 heterocycles. The summed E-state index contributed by atoms with van der Waals surface area (Å²) in [4.78, 5) is 26.2. The summed E-state index contributed by atoms with van der Waals surface area (Å²) >= 11 is 6.38. The van der Waals surface area contributed by atoms with Crippen LogP contribution in [-0.2, 0) is 24.2 Å². The number of hydrogen-bond acceptors (Lipinski definition) is 7. The van der Waals surface area contributed by atoms with Crippen molar-refractivity contribution in [1.82, 2.24) is 0 Å². The first-order chi connectivity index (χ1) is 19.5. The van der Waals surface area contributed by atoms with E-state index in [1.165, 1.54) is 30.3 Å². The Hall–Kier alpha value is -3.70. The van der Waals surface area contributed by atoms with Crippen molar-refractivity contribution in [3.05, 3.63) is 71.2 Å². The second-order valence-corrected chi connectivity index (χ2v) is 12.1. The Labute approximate surface area is 241 Å². The van der Waals surface area contributed by atoms with Gasteiger partial charge in [0.25, 0.3) is 0 Å². The van der Waals surface area contributed by atoms with Crippen molar-refractivity contribution in [1.29, 1.82) is 0 Å². The predicted molar refractivity (Wildman–Crippen MR) is 152 cm³/mol. The van der Waals surface area contributed by atoms with Gasteiger partial charge < -0.3 is 20.5 Å². The molecular weight excluding hydrogens is 578 g/mol. The zero-order valence-corrected chi connectivity index (χ0v) is 23.7. The third kappa shape index (κ3) is 7.53. The second kappa shape index (κ2) is 12.9. The van der Waals surface area contributed by atoms with Crippen molar-refractivity contribution in [3.63, 3.8) is 0 Å². The van der Waals surface area contributed by atoms with E-state index in [0.717, 1.165) is 12.8 Å². The molecule has 0 saturated heterocycles. The Balaban J connectivity index is 1.72. The summed E-state index contributed by atoms with van der Waals surface area (Å²) in [5.41, 5.74) is 6.55. The quantitative estimate of drug-likeness (QED) is 0.190. The van der Waals surface area contributed by atoms with Crippen LogP contribution >= 0.6 is 11.6 Å². The number of esters is 1. The van der Waals surface area contributed by atoms with Gasteiger partial charge >= 0.3 is 12.6 Å². The summed E-state index contributed by atoms with van der Waals surface area (Å²) in [5, 5.41) is 2.56. The first-order valence-electron chi connectivity index (χ1n) is 12.9. The van der Waals surface area contributed by atoms with E-state index in [0.29, 0.717) is 11.1 Å². The van der Waals surface area contributed by atoms with Crippen LogP contribution in [0.1, 0.15) is 37.7 Å². The van der Waals surface area contributed by atoms with Gasteiger partial charge in [-0.05, 0) is 55.0 Å². The van der Waals surface area contributed by atoms with Gasteiger partial charge in [-0.25, -0.2) is 8.42 Å². The number of carbonyl (C=O) groups is 2. The molecule has 0 spiro atoms. The van der Waals surface area contributed by atoms with E-state index < -0.39 is 46.4 Å². The molecule has 0 aromatic heterocycles. The molecule has 1 aliphatic carbocycles. The Morgan fingerprint density at radius 3 is 2.34 bits per heavy atom. The number of nitrogens with one attached hydrogen (secondary N) is 1. The predicted octanol–water partition coefficient (Wildman–Crippen LogP) is 6.05. The van der Waals surface area contributed by atoms with Gasteiger partial charge in [0.1, 0.15) is 5.69 Å². The van der Waals surface area contributed by atoms with E-state index in [9.17, 15) is 26.8 Å². The number of benzene rings is 3. The average molecular weight is 607 g/mol. The number of amides is 1. The maximum atomic E-state index is 13.6.